The monoisotopic (exact) mass is 314 g/mol. The van der Waals surface area contributed by atoms with E-state index in [4.69, 9.17) is 4.74 Å². The molecule has 0 radical (unpaired) electrons. The van der Waals surface area contributed by atoms with Crippen LogP contribution in [0.5, 0.6) is 0 Å². The van der Waals surface area contributed by atoms with Gasteiger partial charge in [-0.05, 0) is 31.4 Å². The highest BCUT2D eigenvalue weighted by Gasteiger charge is 2.23. The molecule has 4 heteroatoms. The Kier molecular flexibility index (Phi) is 5.47. The SMILES string of the molecule is Cc1cccc(C=CC(=O)N2CCN(CC3CCCO3)CC2)c1. The zero-order valence-corrected chi connectivity index (χ0v) is 13.9. The third-order valence-corrected chi connectivity index (χ3v) is 4.63. The minimum atomic E-state index is 0.114. The summed E-state index contributed by atoms with van der Waals surface area (Å²) in [5.74, 6) is 0.114. The zero-order valence-electron chi connectivity index (χ0n) is 13.9. The van der Waals surface area contributed by atoms with E-state index < -0.39 is 0 Å². The number of rotatable bonds is 4. The Morgan fingerprint density at radius 2 is 2.13 bits per heavy atom. The van der Waals surface area contributed by atoms with E-state index in [-0.39, 0.29) is 5.91 Å². The molecule has 2 fully saturated rings. The normalized spacial score (nSPS) is 22.8. The molecule has 1 atom stereocenters. The molecule has 4 nitrogen and oxygen atoms in total. The van der Waals surface area contributed by atoms with Crippen molar-refractivity contribution in [2.45, 2.75) is 25.9 Å². The zero-order chi connectivity index (χ0) is 16.1. The van der Waals surface area contributed by atoms with E-state index in [1.165, 1.54) is 18.4 Å². The molecule has 1 aromatic carbocycles. The van der Waals surface area contributed by atoms with Crippen LogP contribution in [0.2, 0.25) is 0 Å². The van der Waals surface area contributed by atoms with Gasteiger partial charge in [-0.1, -0.05) is 29.8 Å². The Labute approximate surface area is 138 Å². The van der Waals surface area contributed by atoms with Crippen molar-refractivity contribution in [1.29, 1.82) is 0 Å². The van der Waals surface area contributed by atoms with Crippen LogP contribution >= 0.6 is 0 Å². The van der Waals surface area contributed by atoms with Crippen molar-refractivity contribution >= 4 is 12.0 Å². The molecule has 0 bridgehead atoms. The average Bonchev–Trinajstić information content (AvgIpc) is 3.06. The maximum absolute atomic E-state index is 12.3. The summed E-state index contributed by atoms with van der Waals surface area (Å²) in [6.07, 6.45) is 6.38. The molecule has 2 aliphatic heterocycles. The van der Waals surface area contributed by atoms with Crippen LogP contribution in [0.25, 0.3) is 6.08 Å². The summed E-state index contributed by atoms with van der Waals surface area (Å²) >= 11 is 0. The topological polar surface area (TPSA) is 32.8 Å². The molecular weight excluding hydrogens is 288 g/mol. The number of carbonyl (C=O) groups excluding carboxylic acids is 1. The van der Waals surface area contributed by atoms with Gasteiger partial charge >= 0.3 is 0 Å². The minimum Gasteiger partial charge on any atom is -0.377 e. The Bertz CT molecular complexity index is 556. The number of ether oxygens (including phenoxy) is 1. The molecule has 1 amide bonds. The second-order valence-corrected chi connectivity index (χ2v) is 6.51. The van der Waals surface area contributed by atoms with Gasteiger partial charge in [0.05, 0.1) is 6.10 Å². The van der Waals surface area contributed by atoms with Crippen molar-refractivity contribution in [2.75, 3.05) is 39.3 Å². The predicted octanol–water partition coefficient (Wildman–Crippen LogP) is 2.33. The first-order valence-corrected chi connectivity index (χ1v) is 8.58. The lowest BCUT2D eigenvalue weighted by atomic mass is 10.1. The van der Waals surface area contributed by atoms with Gasteiger partial charge in [0.1, 0.15) is 0 Å². The first-order valence-electron chi connectivity index (χ1n) is 8.58. The fraction of sp³-hybridized carbons (Fsp3) is 0.526. The molecule has 23 heavy (non-hydrogen) atoms. The Hall–Kier alpha value is -1.65. The second kappa shape index (κ2) is 7.75. The molecule has 0 spiro atoms. The van der Waals surface area contributed by atoms with Crippen LogP contribution in [0.3, 0.4) is 0 Å². The molecule has 2 saturated heterocycles. The first kappa shape index (κ1) is 16.2. The Balaban J connectivity index is 1.46. The molecule has 124 valence electrons. The largest absolute Gasteiger partial charge is 0.377 e. The lowest BCUT2D eigenvalue weighted by Gasteiger charge is -2.35. The molecule has 3 rings (SSSR count). The van der Waals surface area contributed by atoms with Crippen molar-refractivity contribution in [1.82, 2.24) is 9.80 Å². The Morgan fingerprint density at radius 1 is 1.30 bits per heavy atom. The summed E-state index contributed by atoms with van der Waals surface area (Å²) in [6, 6.07) is 8.19. The van der Waals surface area contributed by atoms with Gasteiger partial charge in [-0.15, -0.1) is 0 Å². The van der Waals surface area contributed by atoms with E-state index in [0.717, 1.165) is 44.9 Å². The summed E-state index contributed by atoms with van der Waals surface area (Å²) < 4.78 is 5.69. The molecule has 1 aromatic rings. The number of hydrogen-bond donors (Lipinski definition) is 0. The number of aryl methyl sites for hydroxylation is 1. The van der Waals surface area contributed by atoms with Crippen molar-refractivity contribution in [3.63, 3.8) is 0 Å². The van der Waals surface area contributed by atoms with E-state index in [0.29, 0.717) is 6.10 Å². The lowest BCUT2D eigenvalue weighted by Crippen LogP contribution is -2.50. The van der Waals surface area contributed by atoms with Crippen LogP contribution in [-0.2, 0) is 9.53 Å². The molecule has 0 aliphatic carbocycles. The summed E-state index contributed by atoms with van der Waals surface area (Å²) in [5.41, 5.74) is 2.29. The molecule has 2 aliphatic rings. The quantitative estimate of drug-likeness (QED) is 0.800. The molecule has 0 aromatic heterocycles. The predicted molar refractivity (Wildman–Crippen MR) is 92.2 cm³/mol. The van der Waals surface area contributed by atoms with Crippen LogP contribution in [0, 0.1) is 6.92 Å². The van der Waals surface area contributed by atoms with Crippen LogP contribution in [0.15, 0.2) is 30.3 Å². The Morgan fingerprint density at radius 3 is 2.83 bits per heavy atom. The van der Waals surface area contributed by atoms with Crippen LogP contribution in [-0.4, -0.2) is 61.1 Å². The van der Waals surface area contributed by atoms with Gasteiger partial charge in [0.15, 0.2) is 0 Å². The van der Waals surface area contributed by atoms with Gasteiger partial charge in [0.2, 0.25) is 5.91 Å². The van der Waals surface area contributed by atoms with Gasteiger partial charge in [-0.25, -0.2) is 0 Å². The number of carbonyl (C=O) groups is 1. The maximum atomic E-state index is 12.3. The summed E-state index contributed by atoms with van der Waals surface area (Å²) in [6.45, 7) is 7.50. The van der Waals surface area contributed by atoms with Gasteiger partial charge in [-0.2, -0.15) is 0 Å². The van der Waals surface area contributed by atoms with Crippen LogP contribution < -0.4 is 0 Å². The molecule has 0 N–H and O–H groups in total. The summed E-state index contributed by atoms with van der Waals surface area (Å²) in [5, 5.41) is 0. The third kappa shape index (κ3) is 4.66. The standard InChI is InChI=1S/C19H26N2O2/c1-16-4-2-5-17(14-16)7-8-19(22)21-11-9-20(10-12-21)15-18-6-3-13-23-18/h2,4-5,7-8,14,18H,3,6,9-13,15H2,1H3. The van der Waals surface area contributed by atoms with Crippen molar-refractivity contribution < 1.29 is 9.53 Å². The minimum absolute atomic E-state index is 0.114. The lowest BCUT2D eigenvalue weighted by molar-refractivity contribution is -0.127. The second-order valence-electron chi connectivity index (χ2n) is 6.51. The number of nitrogens with zero attached hydrogens (tertiary/aromatic N) is 2. The van der Waals surface area contributed by atoms with Gasteiger partial charge in [-0.3, -0.25) is 9.69 Å². The van der Waals surface area contributed by atoms with E-state index in [1.54, 1.807) is 6.08 Å². The highest BCUT2D eigenvalue weighted by Crippen LogP contribution is 2.14. The number of piperazine rings is 1. The van der Waals surface area contributed by atoms with Gasteiger partial charge in [0.25, 0.3) is 0 Å². The smallest absolute Gasteiger partial charge is 0.246 e. The van der Waals surface area contributed by atoms with Crippen LogP contribution in [0.4, 0.5) is 0 Å². The number of benzene rings is 1. The van der Waals surface area contributed by atoms with Gasteiger partial charge < -0.3 is 9.64 Å². The summed E-state index contributed by atoms with van der Waals surface area (Å²) in [7, 11) is 0. The molecule has 1 unspecified atom stereocenters. The third-order valence-electron chi connectivity index (χ3n) is 4.63. The van der Waals surface area contributed by atoms with Crippen molar-refractivity contribution in [2.24, 2.45) is 0 Å². The van der Waals surface area contributed by atoms with Gasteiger partial charge in [0, 0.05) is 45.4 Å². The molecular formula is C19H26N2O2. The highest BCUT2D eigenvalue weighted by atomic mass is 16.5. The maximum Gasteiger partial charge on any atom is 0.246 e. The van der Waals surface area contributed by atoms with E-state index in [9.17, 15) is 4.79 Å². The fourth-order valence-corrected chi connectivity index (χ4v) is 3.27. The number of hydrogen-bond acceptors (Lipinski definition) is 3. The molecule has 0 saturated carbocycles. The average molecular weight is 314 g/mol. The van der Waals surface area contributed by atoms with Crippen LogP contribution in [0.1, 0.15) is 24.0 Å². The highest BCUT2D eigenvalue weighted by molar-refractivity contribution is 5.91. The van der Waals surface area contributed by atoms with E-state index in [1.807, 2.05) is 23.1 Å². The van der Waals surface area contributed by atoms with Crippen molar-refractivity contribution in [3.8, 4) is 0 Å². The van der Waals surface area contributed by atoms with Crippen molar-refractivity contribution in [3.05, 3.63) is 41.5 Å². The molecule has 2 heterocycles. The van der Waals surface area contributed by atoms with E-state index in [2.05, 4.69) is 24.0 Å². The first-order chi connectivity index (χ1) is 11.2. The van der Waals surface area contributed by atoms with E-state index >= 15 is 0 Å². The summed E-state index contributed by atoms with van der Waals surface area (Å²) in [4.78, 5) is 16.7. The number of amides is 1. The fourth-order valence-electron chi connectivity index (χ4n) is 3.27.